The Bertz CT molecular complexity index is 1330. The molecule has 2 aromatic carbocycles. The summed E-state index contributed by atoms with van der Waals surface area (Å²) in [5.41, 5.74) is 2.20. The quantitative estimate of drug-likeness (QED) is 0.393. The topological polar surface area (TPSA) is 97.3 Å². The highest BCUT2D eigenvalue weighted by Crippen LogP contribution is 2.24. The molecule has 2 aliphatic rings. The van der Waals surface area contributed by atoms with Gasteiger partial charge < -0.3 is 28.9 Å². The molecule has 0 N–H and O–H groups in total. The number of carbonyl (C=O) groups is 2. The number of aromatic nitrogens is 2. The van der Waals surface area contributed by atoms with Crippen LogP contribution in [0.2, 0.25) is 0 Å². The van der Waals surface area contributed by atoms with Crippen molar-refractivity contribution in [1.82, 2.24) is 20.0 Å². The lowest BCUT2D eigenvalue weighted by atomic mass is 10.1. The summed E-state index contributed by atoms with van der Waals surface area (Å²) in [6.45, 7) is 3.63. The molecule has 0 saturated carbocycles. The second-order valence-corrected chi connectivity index (χ2v) is 10.3. The van der Waals surface area contributed by atoms with E-state index in [2.05, 4.69) is 15.1 Å². The fraction of sp³-hybridized carbons (Fsp3) is 0.419. The van der Waals surface area contributed by atoms with Gasteiger partial charge in [-0.2, -0.15) is 0 Å². The van der Waals surface area contributed by atoms with Crippen LogP contribution in [0, 0.1) is 0 Å². The number of hydrogen-bond acceptors (Lipinski definition) is 8. The summed E-state index contributed by atoms with van der Waals surface area (Å²) in [4.78, 5) is 32.6. The molecule has 5 rings (SSSR count). The maximum absolute atomic E-state index is 13.5. The first-order chi connectivity index (χ1) is 20.0. The molecule has 1 aromatic heterocycles. The largest absolute Gasteiger partial charge is 0.497 e. The van der Waals surface area contributed by atoms with E-state index in [4.69, 9.17) is 14.2 Å². The van der Waals surface area contributed by atoms with Crippen molar-refractivity contribution in [2.75, 3.05) is 65.0 Å². The molecule has 3 aromatic rings. The number of methoxy groups -OCH3 is 2. The molecule has 0 radical (unpaired) electrons. The minimum atomic E-state index is -0.199. The SMILES string of the molecule is COc1cccc(C(=O)N(CC(=O)N2CCCN(c3ccc(-c4cccc(OC)c4)nn3)CC2)CC2CCCO2)c1. The number of anilines is 1. The van der Waals surface area contributed by atoms with Crippen LogP contribution in [0.15, 0.2) is 60.7 Å². The Hall–Kier alpha value is -4.18. The van der Waals surface area contributed by atoms with Crippen molar-refractivity contribution in [1.29, 1.82) is 0 Å². The molecule has 41 heavy (non-hydrogen) atoms. The van der Waals surface area contributed by atoms with Gasteiger partial charge in [0.25, 0.3) is 5.91 Å². The third-order valence-corrected chi connectivity index (χ3v) is 7.57. The molecule has 216 valence electrons. The molecule has 2 fully saturated rings. The summed E-state index contributed by atoms with van der Waals surface area (Å²) in [7, 11) is 3.21. The Morgan fingerprint density at radius 3 is 2.46 bits per heavy atom. The number of nitrogens with zero attached hydrogens (tertiary/aromatic N) is 5. The highest BCUT2D eigenvalue weighted by Gasteiger charge is 2.28. The van der Waals surface area contributed by atoms with E-state index in [0.29, 0.717) is 44.1 Å². The number of hydrogen-bond donors (Lipinski definition) is 0. The number of carbonyl (C=O) groups excluding carboxylic acids is 2. The fourth-order valence-corrected chi connectivity index (χ4v) is 5.28. The van der Waals surface area contributed by atoms with Crippen LogP contribution >= 0.6 is 0 Å². The molecule has 10 heteroatoms. The molecule has 2 aliphatic heterocycles. The minimum absolute atomic E-state index is 0.00490. The van der Waals surface area contributed by atoms with Gasteiger partial charge in [-0.3, -0.25) is 9.59 Å². The molecule has 2 amide bonds. The molecule has 1 unspecified atom stereocenters. The Morgan fingerprint density at radius 1 is 0.927 bits per heavy atom. The highest BCUT2D eigenvalue weighted by molar-refractivity contribution is 5.97. The van der Waals surface area contributed by atoms with E-state index in [0.717, 1.165) is 48.6 Å². The average molecular weight is 560 g/mol. The van der Waals surface area contributed by atoms with Gasteiger partial charge in [-0.1, -0.05) is 18.2 Å². The molecular weight excluding hydrogens is 522 g/mol. The lowest BCUT2D eigenvalue weighted by Gasteiger charge is -2.28. The zero-order chi connectivity index (χ0) is 28.6. The van der Waals surface area contributed by atoms with E-state index in [9.17, 15) is 9.59 Å². The van der Waals surface area contributed by atoms with Gasteiger partial charge in [0.05, 0.1) is 26.0 Å². The van der Waals surface area contributed by atoms with Gasteiger partial charge in [0.2, 0.25) is 5.91 Å². The van der Waals surface area contributed by atoms with Crippen LogP contribution < -0.4 is 14.4 Å². The predicted molar refractivity (Wildman–Crippen MR) is 155 cm³/mol. The number of rotatable bonds is 9. The first-order valence-electron chi connectivity index (χ1n) is 14.1. The Labute approximate surface area is 240 Å². The lowest BCUT2D eigenvalue weighted by Crippen LogP contribution is -2.46. The average Bonchev–Trinajstić information content (AvgIpc) is 3.41. The van der Waals surface area contributed by atoms with Crippen molar-refractivity contribution >= 4 is 17.6 Å². The number of amides is 2. The van der Waals surface area contributed by atoms with Gasteiger partial charge in [0.1, 0.15) is 18.0 Å². The Kier molecular flexibility index (Phi) is 9.30. The van der Waals surface area contributed by atoms with Gasteiger partial charge in [0, 0.05) is 50.5 Å². The standard InChI is InChI=1S/C31H37N5O5/c1-39-25-9-3-7-23(19-25)28-12-13-29(33-32-28)34-14-6-15-35(17-16-34)30(37)22-36(21-27-11-5-18-41-27)31(38)24-8-4-10-26(20-24)40-2/h3-4,7-10,12-13,19-20,27H,5-6,11,14-18,21-22H2,1-2H3. The zero-order valence-electron chi connectivity index (χ0n) is 23.7. The van der Waals surface area contributed by atoms with Crippen LogP contribution in [-0.2, 0) is 9.53 Å². The smallest absolute Gasteiger partial charge is 0.254 e. The van der Waals surface area contributed by atoms with Gasteiger partial charge in [0.15, 0.2) is 5.82 Å². The highest BCUT2D eigenvalue weighted by atomic mass is 16.5. The molecule has 0 spiro atoms. The minimum Gasteiger partial charge on any atom is -0.497 e. The Balaban J connectivity index is 1.22. The van der Waals surface area contributed by atoms with Crippen LogP contribution in [0.1, 0.15) is 29.6 Å². The van der Waals surface area contributed by atoms with E-state index in [1.807, 2.05) is 41.3 Å². The molecule has 10 nitrogen and oxygen atoms in total. The van der Waals surface area contributed by atoms with Crippen LogP contribution in [-0.4, -0.2) is 98.0 Å². The van der Waals surface area contributed by atoms with E-state index in [-0.39, 0.29) is 24.5 Å². The van der Waals surface area contributed by atoms with Crippen LogP contribution in [0.4, 0.5) is 5.82 Å². The maximum atomic E-state index is 13.5. The maximum Gasteiger partial charge on any atom is 0.254 e. The molecule has 2 saturated heterocycles. The monoisotopic (exact) mass is 559 g/mol. The van der Waals surface area contributed by atoms with Crippen molar-refractivity contribution in [2.24, 2.45) is 0 Å². The first kappa shape index (κ1) is 28.4. The van der Waals surface area contributed by atoms with Crippen molar-refractivity contribution in [3.05, 3.63) is 66.2 Å². The summed E-state index contributed by atoms with van der Waals surface area (Å²) in [6, 6.07) is 18.7. The number of ether oxygens (including phenoxy) is 3. The summed E-state index contributed by atoms with van der Waals surface area (Å²) >= 11 is 0. The van der Waals surface area contributed by atoms with E-state index in [1.165, 1.54) is 0 Å². The van der Waals surface area contributed by atoms with Crippen molar-refractivity contribution in [3.8, 4) is 22.8 Å². The third kappa shape index (κ3) is 7.13. The molecule has 1 atom stereocenters. The van der Waals surface area contributed by atoms with E-state index in [1.54, 1.807) is 43.4 Å². The summed E-state index contributed by atoms with van der Waals surface area (Å²) in [6.07, 6.45) is 2.58. The Morgan fingerprint density at radius 2 is 1.73 bits per heavy atom. The number of benzene rings is 2. The second kappa shape index (κ2) is 13.5. The predicted octanol–water partition coefficient (Wildman–Crippen LogP) is 3.52. The normalized spacial score (nSPS) is 17.2. The fourth-order valence-electron chi connectivity index (χ4n) is 5.28. The van der Waals surface area contributed by atoms with Crippen molar-refractivity contribution < 1.29 is 23.8 Å². The first-order valence-corrected chi connectivity index (χ1v) is 14.1. The summed E-state index contributed by atoms with van der Waals surface area (Å²) in [5.74, 6) is 1.88. The molecule has 0 bridgehead atoms. The van der Waals surface area contributed by atoms with Gasteiger partial charge >= 0.3 is 0 Å². The summed E-state index contributed by atoms with van der Waals surface area (Å²) < 4.78 is 16.4. The molecule has 3 heterocycles. The zero-order valence-corrected chi connectivity index (χ0v) is 23.7. The molecular formula is C31H37N5O5. The van der Waals surface area contributed by atoms with Crippen molar-refractivity contribution in [2.45, 2.75) is 25.4 Å². The lowest BCUT2D eigenvalue weighted by molar-refractivity contribution is -0.132. The van der Waals surface area contributed by atoms with Gasteiger partial charge in [-0.25, -0.2) is 0 Å². The van der Waals surface area contributed by atoms with Crippen LogP contribution in [0.5, 0.6) is 11.5 Å². The van der Waals surface area contributed by atoms with Crippen LogP contribution in [0.3, 0.4) is 0 Å². The van der Waals surface area contributed by atoms with Crippen LogP contribution in [0.25, 0.3) is 11.3 Å². The third-order valence-electron chi connectivity index (χ3n) is 7.57. The van der Waals surface area contributed by atoms with Gasteiger partial charge in [-0.15, -0.1) is 10.2 Å². The van der Waals surface area contributed by atoms with Gasteiger partial charge in [-0.05, 0) is 61.7 Å². The van der Waals surface area contributed by atoms with E-state index < -0.39 is 0 Å². The van der Waals surface area contributed by atoms with E-state index >= 15 is 0 Å². The van der Waals surface area contributed by atoms with Crippen molar-refractivity contribution in [3.63, 3.8) is 0 Å². The second-order valence-electron chi connectivity index (χ2n) is 10.3. The molecule has 0 aliphatic carbocycles. The summed E-state index contributed by atoms with van der Waals surface area (Å²) in [5, 5.41) is 8.92.